The molecule has 0 radical (unpaired) electrons. The average Bonchev–Trinajstić information content (AvgIpc) is 2.87. The Morgan fingerprint density at radius 1 is 1.09 bits per heavy atom. The highest BCUT2D eigenvalue weighted by Crippen LogP contribution is 2.30. The van der Waals surface area contributed by atoms with Gasteiger partial charge in [-0.25, -0.2) is 0 Å². The summed E-state index contributed by atoms with van der Waals surface area (Å²) in [6.07, 6.45) is 5.15. The largest absolute Gasteiger partial charge is 0.508 e. The molecule has 0 aliphatic heterocycles. The number of phenolic OH excluding ortho intramolecular Hbond substituents is 1. The molecule has 0 fully saturated rings. The molecule has 1 unspecified atom stereocenters. The molecule has 0 amide bonds. The van der Waals surface area contributed by atoms with Gasteiger partial charge in [-0.3, -0.25) is 0 Å². The van der Waals surface area contributed by atoms with E-state index in [1.54, 1.807) is 12.1 Å². The number of phenols is 1. The van der Waals surface area contributed by atoms with Crippen molar-refractivity contribution in [3.8, 4) is 5.75 Å². The first kappa shape index (κ1) is 14.4. The Balaban J connectivity index is 2.01. The van der Waals surface area contributed by atoms with Gasteiger partial charge in [0.05, 0.1) is 0 Å². The maximum atomic E-state index is 10.7. The van der Waals surface area contributed by atoms with Crippen LogP contribution in [-0.2, 0) is 0 Å². The quantitative estimate of drug-likeness (QED) is 0.674. The van der Waals surface area contributed by atoms with Crippen molar-refractivity contribution in [2.45, 2.75) is 20.0 Å². The Hall–Kier alpha value is -2.52. The second kappa shape index (κ2) is 5.70. The highest BCUT2D eigenvalue weighted by atomic mass is 16.3. The molecule has 2 aromatic carbocycles. The predicted molar refractivity (Wildman–Crippen MR) is 89.9 cm³/mol. The summed E-state index contributed by atoms with van der Waals surface area (Å²) in [4.78, 5) is 3.19. The molecule has 3 nitrogen and oxygen atoms in total. The predicted octanol–water partition coefficient (Wildman–Crippen LogP) is 4.30. The summed E-state index contributed by atoms with van der Waals surface area (Å²) in [5, 5.41) is 22.1. The molecule has 0 bridgehead atoms. The lowest BCUT2D eigenvalue weighted by Crippen LogP contribution is -2.00. The molecule has 0 aliphatic carbocycles. The molecule has 0 spiro atoms. The van der Waals surface area contributed by atoms with Gasteiger partial charge in [-0.15, -0.1) is 0 Å². The van der Waals surface area contributed by atoms with Gasteiger partial charge in [0.2, 0.25) is 0 Å². The summed E-state index contributed by atoms with van der Waals surface area (Å²) in [5.41, 5.74) is 3.79. The third kappa shape index (κ3) is 2.51. The zero-order valence-electron chi connectivity index (χ0n) is 12.7. The fourth-order valence-electron chi connectivity index (χ4n) is 2.75. The molecular formula is C19H19NO2. The number of aromatic amines is 1. The van der Waals surface area contributed by atoms with Crippen molar-refractivity contribution in [3.05, 3.63) is 71.1 Å². The Morgan fingerprint density at radius 3 is 2.59 bits per heavy atom. The number of nitrogens with one attached hydrogen (secondary N) is 1. The van der Waals surface area contributed by atoms with Gasteiger partial charge in [0, 0.05) is 17.5 Å². The van der Waals surface area contributed by atoms with Crippen LogP contribution in [0.2, 0.25) is 0 Å². The van der Waals surface area contributed by atoms with Gasteiger partial charge in [-0.05, 0) is 60.0 Å². The van der Waals surface area contributed by atoms with E-state index in [1.165, 1.54) is 0 Å². The lowest BCUT2D eigenvalue weighted by atomic mass is 9.97. The summed E-state index contributed by atoms with van der Waals surface area (Å²) >= 11 is 0. The number of H-pyrrole nitrogens is 1. The molecule has 3 N–H and O–H groups in total. The SMILES string of the molecule is C/C=C\c1[nH]cc(C(O)c2ccc3cc(O)ccc3c2)c1C. The van der Waals surface area contributed by atoms with E-state index in [-0.39, 0.29) is 5.75 Å². The van der Waals surface area contributed by atoms with Gasteiger partial charge >= 0.3 is 0 Å². The monoisotopic (exact) mass is 293 g/mol. The van der Waals surface area contributed by atoms with Gasteiger partial charge in [-0.1, -0.05) is 24.3 Å². The Morgan fingerprint density at radius 2 is 1.82 bits per heavy atom. The van der Waals surface area contributed by atoms with E-state index >= 15 is 0 Å². The number of aromatic hydroxyl groups is 1. The molecule has 1 heterocycles. The number of fused-ring (bicyclic) bond motifs is 1. The third-order valence-electron chi connectivity index (χ3n) is 4.01. The molecule has 3 aromatic rings. The number of allylic oxidation sites excluding steroid dienone is 1. The molecule has 1 atom stereocenters. The van der Waals surface area contributed by atoms with Crippen LogP contribution in [0.25, 0.3) is 16.8 Å². The lowest BCUT2D eigenvalue weighted by Gasteiger charge is -2.12. The van der Waals surface area contributed by atoms with Crippen molar-refractivity contribution in [1.82, 2.24) is 4.98 Å². The van der Waals surface area contributed by atoms with Gasteiger partial charge in [0.15, 0.2) is 0 Å². The normalized spacial score (nSPS) is 13.0. The number of benzene rings is 2. The first-order chi connectivity index (χ1) is 10.6. The number of aliphatic hydroxyl groups excluding tert-OH is 1. The highest BCUT2D eigenvalue weighted by molar-refractivity contribution is 5.84. The van der Waals surface area contributed by atoms with Crippen LogP contribution < -0.4 is 0 Å². The summed E-state index contributed by atoms with van der Waals surface area (Å²) < 4.78 is 0. The van der Waals surface area contributed by atoms with Crippen molar-refractivity contribution in [3.63, 3.8) is 0 Å². The van der Waals surface area contributed by atoms with Crippen molar-refractivity contribution < 1.29 is 10.2 Å². The summed E-state index contributed by atoms with van der Waals surface area (Å²) in [7, 11) is 0. The van der Waals surface area contributed by atoms with E-state index in [2.05, 4.69) is 4.98 Å². The van der Waals surface area contributed by atoms with Gasteiger partial charge in [0.25, 0.3) is 0 Å². The van der Waals surface area contributed by atoms with Gasteiger partial charge in [-0.2, -0.15) is 0 Å². The first-order valence-electron chi connectivity index (χ1n) is 7.31. The fourth-order valence-corrected chi connectivity index (χ4v) is 2.75. The lowest BCUT2D eigenvalue weighted by molar-refractivity contribution is 0.220. The number of aromatic nitrogens is 1. The highest BCUT2D eigenvalue weighted by Gasteiger charge is 2.16. The van der Waals surface area contributed by atoms with Crippen LogP contribution in [0.4, 0.5) is 0 Å². The average molecular weight is 293 g/mol. The van der Waals surface area contributed by atoms with Crippen LogP contribution in [0.1, 0.15) is 35.4 Å². The topological polar surface area (TPSA) is 56.2 Å². The van der Waals surface area contributed by atoms with E-state index in [9.17, 15) is 10.2 Å². The standard InChI is InChI=1S/C19H19NO2/c1-3-4-18-12(2)17(11-20-18)19(22)15-6-5-14-10-16(21)8-7-13(14)9-15/h3-11,19-22H,1-2H3/b4-3-. The van der Waals surface area contributed by atoms with E-state index in [4.69, 9.17) is 0 Å². The second-order valence-corrected chi connectivity index (χ2v) is 5.48. The second-order valence-electron chi connectivity index (χ2n) is 5.48. The molecule has 0 saturated carbocycles. The molecule has 112 valence electrons. The molecule has 3 rings (SSSR count). The molecule has 3 heteroatoms. The smallest absolute Gasteiger partial charge is 0.116 e. The number of aliphatic hydroxyl groups is 1. The maximum Gasteiger partial charge on any atom is 0.116 e. The van der Waals surface area contributed by atoms with Crippen molar-refractivity contribution >= 4 is 16.8 Å². The maximum absolute atomic E-state index is 10.7. The van der Waals surface area contributed by atoms with Crippen molar-refractivity contribution in [1.29, 1.82) is 0 Å². The molecule has 0 aliphatic rings. The Kier molecular flexibility index (Phi) is 3.73. The van der Waals surface area contributed by atoms with Crippen molar-refractivity contribution in [2.24, 2.45) is 0 Å². The third-order valence-corrected chi connectivity index (χ3v) is 4.01. The molecule has 22 heavy (non-hydrogen) atoms. The van der Waals surface area contributed by atoms with Gasteiger partial charge < -0.3 is 15.2 Å². The Labute approximate surface area is 129 Å². The summed E-state index contributed by atoms with van der Waals surface area (Å²) in [5.74, 6) is 0.248. The van der Waals surface area contributed by atoms with Gasteiger partial charge in [0.1, 0.15) is 11.9 Å². The fraction of sp³-hybridized carbons (Fsp3) is 0.158. The first-order valence-corrected chi connectivity index (χ1v) is 7.31. The minimum absolute atomic E-state index is 0.248. The number of hydrogen-bond donors (Lipinski definition) is 3. The van der Waals surface area contributed by atoms with E-state index in [1.807, 2.05) is 56.5 Å². The van der Waals surface area contributed by atoms with Crippen molar-refractivity contribution in [2.75, 3.05) is 0 Å². The van der Waals surface area contributed by atoms with Crippen LogP contribution in [-0.4, -0.2) is 15.2 Å². The minimum atomic E-state index is -0.673. The van der Waals surface area contributed by atoms with Crippen LogP contribution in [0.5, 0.6) is 5.75 Å². The number of hydrogen-bond acceptors (Lipinski definition) is 2. The minimum Gasteiger partial charge on any atom is -0.508 e. The summed E-state index contributed by atoms with van der Waals surface area (Å²) in [6, 6.07) is 11.0. The van der Waals surface area contributed by atoms with E-state index in [0.29, 0.717) is 0 Å². The van der Waals surface area contributed by atoms with E-state index in [0.717, 1.165) is 33.2 Å². The summed E-state index contributed by atoms with van der Waals surface area (Å²) in [6.45, 7) is 3.97. The molecule has 0 saturated heterocycles. The number of rotatable bonds is 3. The molecule has 1 aromatic heterocycles. The van der Waals surface area contributed by atoms with Crippen LogP contribution >= 0.6 is 0 Å². The van der Waals surface area contributed by atoms with Crippen LogP contribution in [0, 0.1) is 6.92 Å². The zero-order valence-corrected chi connectivity index (χ0v) is 12.7. The van der Waals surface area contributed by atoms with E-state index < -0.39 is 6.10 Å². The zero-order chi connectivity index (χ0) is 15.7. The Bertz CT molecular complexity index is 846. The van der Waals surface area contributed by atoms with Crippen LogP contribution in [0.15, 0.2) is 48.7 Å². The van der Waals surface area contributed by atoms with Crippen LogP contribution in [0.3, 0.4) is 0 Å². The molecular weight excluding hydrogens is 274 g/mol.